The van der Waals surface area contributed by atoms with Gasteiger partial charge in [0.05, 0.1) is 6.33 Å². The van der Waals surface area contributed by atoms with E-state index in [0.29, 0.717) is 11.2 Å². The minimum Gasteiger partial charge on any atom is -0.387 e. The van der Waals surface area contributed by atoms with Crippen LogP contribution in [0.15, 0.2) is 12.7 Å². The highest BCUT2D eigenvalue weighted by atomic mass is 32.7. The normalized spacial score (nSPS) is 29.8. The van der Waals surface area contributed by atoms with E-state index in [0.717, 1.165) is 11.4 Å². The van der Waals surface area contributed by atoms with Crippen LogP contribution < -0.4 is 10.8 Å². The molecule has 3 heterocycles. The highest BCUT2D eigenvalue weighted by Crippen LogP contribution is 2.48. The quantitative estimate of drug-likeness (QED) is 0.409. The Labute approximate surface area is 140 Å². The zero-order chi connectivity index (χ0) is 17.5. The van der Waals surface area contributed by atoms with Crippen LogP contribution in [0.1, 0.15) is 6.23 Å². The standard InChI is InChI=1S/C11H17N6O5PS/c1-24-23(20,21)16-2-5-7(18)8(19)11(22-5)17-4-15-6-9(12)13-3-14-10(6)17/h3-5,7-8,11,18-19H,2H2,1H3,(H2,12,13,14)(H2,16,20,21)/t5-,7-,8-,11-/m1/s1. The Morgan fingerprint density at radius 2 is 2.17 bits per heavy atom. The van der Waals surface area contributed by atoms with Crippen molar-refractivity contribution in [2.75, 3.05) is 18.5 Å². The number of rotatable bonds is 5. The maximum atomic E-state index is 11.6. The van der Waals surface area contributed by atoms with Crippen LogP contribution in [-0.4, -0.2) is 65.7 Å². The number of nitrogens with zero attached hydrogens (tertiary/aromatic N) is 4. The van der Waals surface area contributed by atoms with Crippen LogP contribution in [0.3, 0.4) is 0 Å². The molecule has 1 unspecified atom stereocenters. The molecular weight excluding hydrogens is 359 g/mol. The fourth-order valence-electron chi connectivity index (χ4n) is 2.45. The van der Waals surface area contributed by atoms with Gasteiger partial charge in [0.1, 0.15) is 30.2 Å². The number of imidazole rings is 1. The third kappa shape index (κ3) is 3.14. The number of aliphatic hydroxyl groups excluding tert-OH is 2. The van der Waals surface area contributed by atoms with Gasteiger partial charge >= 0.3 is 6.72 Å². The maximum Gasteiger partial charge on any atom is 0.323 e. The first-order valence-electron chi connectivity index (χ1n) is 6.92. The highest BCUT2D eigenvalue weighted by molar-refractivity contribution is 8.55. The second-order valence-electron chi connectivity index (χ2n) is 5.19. The molecule has 6 N–H and O–H groups in total. The smallest absolute Gasteiger partial charge is 0.323 e. The van der Waals surface area contributed by atoms with Gasteiger partial charge in [0, 0.05) is 6.54 Å². The summed E-state index contributed by atoms with van der Waals surface area (Å²) >= 11 is 0.769. The SMILES string of the molecule is CSP(=O)(O)NC[C@H]1O[C@@H](n2cnc3c(N)ncnc32)[C@H](O)[C@@H]1O. The van der Waals surface area contributed by atoms with E-state index in [1.54, 1.807) is 0 Å². The molecule has 0 spiro atoms. The van der Waals surface area contributed by atoms with Crippen molar-refractivity contribution in [2.24, 2.45) is 0 Å². The van der Waals surface area contributed by atoms with E-state index in [1.807, 2.05) is 0 Å². The molecule has 1 saturated heterocycles. The van der Waals surface area contributed by atoms with Gasteiger partial charge in [-0.15, -0.1) is 0 Å². The molecule has 0 aliphatic carbocycles. The summed E-state index contributed by atoms with van der Waals surface area (Å²) < 4.78 is 18.7. The molecule has 5 atom stereocenters. The minimum atomic E-state index is -3.56. The van der Waals surface area contributed by atoms with Crippen molar-refractivity contribution in [3.05, 3.63) is 12.7 Å². The average molecular weight is 376 g/mol. The zero-order valence-corrected chi connectivity index (χ0v) is 14.3. The maximum absolute atomic E-state index is 11.6. The monoisotopic (exact) mass is 376 g/mol. The summed E-state index contributed by atoms with van der Waals surface area (Å²) in [6.07, 6.45) is -0.233. The molecule has 24 heavy (non-hydrogen) atoms. The van der Waals surface area contributed by atoms with Crippen LogP contribution in [0, 0.1) is 0 Å². The fourth-order valence-corrected chi connectivity index (χ4v) is 3.60. The number of aromatic nitrogens is 4. The summed E-state index contributed by atoms with van der Waals surface area (Å²) in [7, 11) is 0. The zero-order valence-electron chi connectivity index (χ0n) is 12.6. The lowest BCUT2D eigenvalue weighted by atomic mass is 10.1. The summed E-state index contributed by atoms with van der Waals surface area (Å²) in [4.78, 5) is 21.5. The van der Waals surface area contributed by atoms with Crippen molar-refractivity contribution in [1.82, 2.24) is 24.6 Å². The van der Waals surface area contributed by atoms with E-state index in [4.69, 9.17) is 10.5 Å². The Bertz CT molecular complexity index is 789. The van der Waals surface area contributed by atoms with Crippen LogP contribution in [0.5, 0.6) is 0 Å². The van der Waals surface area contributed by atoms with Crippen LogP contribution >= 0.6 is 18.1 Å². The van der Waals surface area contributed by atoms with Crippen LogP contribution in [0.25, 0.3) is 11.2 Å². The Balaban J connectivity index is 1.82. The van der Waals surface area contributed by atoms with Gasteiger partial charge < -0.3 is 25.6 Å². The first kappa shape index (κ1) is 17.5. The average Bonchev–Trinajstić information content (AvgIpc) is 3.10. The molecule has 0 aromatic carbocycles. The lowest BCUT2D eigenvalue weighted by Gasteiger charge is -2.17. The summed E-state index contributed by atoms with van der Waals surface area (Å²) in [6.45, 7) is -3.66. The third-order valence-corrected chi connectivity index (χ3v) is 6.69. The number of fused-ring (bicyclic) bond motifs is 1. The Morgan fingerprint density at radius 3 is 2.88 bits per heavy atom. The summed E-state index contributed by atoms with van der Waals surface area (Å²) in [5.74, 6) is 0.186. The second-order valence-corrected chi connectivity index (χ2v) is 9.50. The molecule has 0 bridgehead atoms. The third-order valence-electron chi connectivity index (χ3n) is 3.74. The minimum absolute atomic E-state index is 0.104. The lowest BCUT2D eigenvalue weighted by molar-refractivity contribution is -0.0331. The number of hydrogen-bond acceptors (Lipinski definition) is 9. The molecule has 132 valence electrons. The molecule has 1 aliphatic heterocycles. The van der Waals surface area contributed by atoms with Gasteiger partial charge in [0.25, 0.3) is 0 Å². The predicted octanol–water partition coefficient (Wildman–Crippen LogP) is -0.919. The first-order valence-corrected chi connectivity index (χ1v) is 10.4. The topological polar surface area (TPSA) is 169 Å². The number of hydrogen-bond donors (Lipinski definition) is 5. The Hall–Kier alpha value is -1.27. The lowest BCUT2D eigenvalue weighted by Crippen LogP contribution is -2.36. The number of nitrogen functional groups attached to an aromatic ring is 1. The fraction of sp³-hybridized carbons (Fsp3) is 0.545. The molecule has 0 amide bonds. The molecule has 1 aliphatic rings. The molecular formula is C11H17N6O5PS. The van der Waals surface area contributed by atoms with Crippen molar-refractivity contribution in [2.45, 2.75) is 24.5 Å². The Morgan fingerprint density at radius 1 is 1.42 bits per heavy atom. The van der Waals surface area contributed by atoms with Crippen molar-refractivity contribution in [1.29, 1.82) is 0 Å². The van der Waals surface area contributed by atoms with E-state index in [9.17, 15) is 19.7 Å². The van der Waals surface area contributed by atoms with Gasteiger partial charge in [-0.05, 0) is 6.26 Å². The van der Waals surface area contributed by atoms with Gasteiger partial charge in [0.15, 0.2) is 17.7 Å². The first-order chi connectivity index (χ1) is 11.3. The number of aliphatic hydroxyl groups is 2. The number of ether oxygens (including phenoxy) is 1. The number of anilines is 1. The molecule has 3 rings (SSSR count). The van der Waals surface area contributed by atoms with Crippen molar-refractivity contribution in [3.63, 3.8) is 0 Å². The summed E-state index contributed by atoms with van der Waals surface area (Å²) in [5, 5.41) is 22.8. The van der Waals surface area contributed by atoms with Gasteiger partial charge in [-0.2, -0.15) is 0 Å². The van der Waals surface area contributed by atoms with E-state index < -0.39 is 31.3 Å². The predicted molar refractivity (Wildman–Crippen MR) is 87.0 cm³/mol. The molecule has 13 heteroatoms. The van der Waals surface area contributed by atoms with Gasteiger partial charge in [-0.1, -0.05) is 11.4 Å². The molecule has 0 saturated carbocycles. The highest BCUT2D eigenvalue weighted by Gasteiger charge is 2.44. The molecule has 2 aromatic heterocycles. The van der Waals surface area contributed by atoms with E-state index in [-0.39, 0.29) is 12.4 Å². The van der Waals surface area contributed by atoms with Gasteiger partial charge in [-0.3, -0.25) is 9.13 Å². The number of nitrogens with one attached hydrogen (secondary N) is 1. The van der Waals surface area contributed by atoms with Gasteiger partial charge in [0.2, 0.25) is 0 Å². The van der Waals surface area contributed by atoms with Crippen molar-refractivity contribution in [3.8, 4) is 0 Å². The molecule has 2 aromatic rings. The second kappa shape index (κ2) is 6.56. The van der Waals surface area contributed by atoms with Crippen LogP contribution in [0.2, 0.25) is 0 Å². The molecule has 11 nitrogen and oxygen atoms in total. The van der Waals surface area contributed by atoms with Crippen molar-refractivity contribution >= 4 is 35.1 Å². The van der Waals surface area contributed by atoms with Crippen LogP contribution in [0.4, 0.5) is 5.82 Å². The molecule has 0 radical (unpaired) electrons. The largest absolute Gasteiger partial charge is 0.387 e. The van der Waals surface area contributed by atoms with Crippen LogP contribution in [-0.2, 0) is 9.30 Å². The van der Waals surface area contributed by atoms with E-state index in [1.165, 1.54) is 23.5 Å². The van der Waals surface area contributed by atoms with Crippen molar-refractivity contribution < 1.29 is 24.4 Å². The number of nitrogens with two attached hydrogens (primary N) is 1. The van der Waals surface area contributed by atoms with Gasteiger partial charge in [-0.25, -0.2) is 20.0 Å². The van der Waals surface area contributed by atoms with E-state index in [2.05, 4.69) is 20.0 Å². The Kier molecular flexibility index (Phi) is 4.80. The molecule has 1 fully saturated rings. The summed E-state index contributed by atoms with van der Waals surface area (Å²) in [6, 6.07) is 0. The summed E-state index contributed by atoms with van der Waals surface area (Å²) in [5.41, 5.74) is 6.42. The van der Waals surface area contributed by atoms with E-state index >= 15 is 0 Å².